The fraction of sp³-hybridized carbons (Fsp3) is 0. The van der Waals surface area contributed by atoms with Gasteiger partial charge in [-0.05, 0) is 36.4 Å². The molecule has 0 bridgehead atoms. The smallest absolute Gasteiger partial charge is 0.153 e. The van der Waals surface area contributed by atoms with Gasteiger partial charge in [-0.3, -0.25) is 0 Å². The molecule has 16 heavy (non-hydrogen) atoms. The van der Waals surface area contributed by atoms with Crippen LogP contribution in [0.2, 0.25) is 5.02 Å². The van der Waals surface area contributed by atoms with Gasteiger partial charge < -0.3 is 5.32 Å². The molecule has 3 nitrogen and oxygen atoms in total. The lowest BCUT2D eigenvalue weighted by Gasteiger charge is -1.99. The molecule has 0 unspecified atom stereocenters. The second kappa shape index (κ2) is 5.28. The van der Waals surface area contributed by atoms with Crippen LogP contribution in [0.25, 0.3) is 0 Å². The lowest BCUT2D eigenvalue weighted by atomic mass is 10.3. The maximum atomic E-state index is 5.77. The Hall–Kier alpha value is -1.87. The first-order chi connectivity index (χ1) is 7.84. The minimum absolute atomic E-state index is 0.670. The second-order valence-electron chi connectivity index (χ2n) is 3.10. The Bertz CT molecular complexity index is 465. The average Bonchev–Trinajstić information content (AvgIpc) is 2.33. The summed E-state index contributed by atoms with van der Waals surface area (Å²) in [6.07, 6.45) is 3.31. The number of benzene rings is 1. The van der Waals surface area contributed by atoms with Gasteiger partial charge in [0.15, 0.2) is 5.82 Å². The average molecular weight is 232 g/mol. The number of nitrogens with zero attached hydrogens (tertiary/aromatic N) is 2. The van der Waals surface area contributed by atoms with Gasteiger partial charge in [0.2, 0.25) is 0 Å². The Morgan fingerprint density at radius 2 is 1.94 bits per heavy atom. The molecular weight excluding hydrogens is 222 g/mol. The number of aromatic nitrogens is 1. The summed E-state index contributed by atoms with van der Waals surface area (Å²) in [4.78, 5) is 8.21. The fourth-order valence-electron chi connectivity index (χ4n) is 1.15. The van der Waals surface area contributed by atoms with Crippen molar-refractivity contribution in [3.05, 3.63) is 53.7 Å². The molecule has 0 aliphatic heterocycles. The minimum Gasteiger partial charge on any atom is -0.346 e. The summed E-state index contributed by atoms with van der Waals surface area (Å²) in [6, 6.07) is 13.0. The summed E-state index contributed by atoms with van der Waals surface area (Å²) in [7, 11) is 0. The van der Waals surface area contributed by atoms with Crippen molar-refractivity contribution in [3.63, 3.8) is 0 Å². The standard InChI is InChI=1S/C12H10ClN3/c13-10-4-6-11(7-5-10)15-9-16-12-3-1-2-8-14-12/h1-9H,(H,14,15,16). The predicted octanol–water partition coefficient (Wildman–Crippen LogP) is 3.51. The van der Waals surface area contributed by atoms with Crippen LogP contribution in [-0.2, 0) is 0 Å². The molecule has 1 aromatic heterocycles. The first kappa shape index (κ1) is 10.6. The molecule has 1 heterocycles. The van der Waals surface area contributed by atoms with Gasteiger partial charge in [0.25, 0.3) is 0 Å². The number of aliphatic imine (C=N–C) groups is 1. The molecule has 1 aromatic carbocycles. The third kappa shape index (κ3) is 3.07. The van der Waals surface area contributed by atoms with E-state index >= 15 is 0 Å². The van der Waals surface area contributed by atoms with Crippen molar-refractivity contribution in [1.29, 1.82) is 0 Å². The quantitative estimate of drug-likeness (QED) is 0.648. The first-order valence-corrected chi connectivity index (χ1v) is 5.18. The number of pyridine rings is 1. The van der Waals surface area contributed by atoms with Gasteiger partial charge in [0.1, 0.15) is 0 Å². The summed E-state index contributed by atoms with van der Waals surface area (Å²) in [6.45, 7) is 0. The van der Waals surface area contributed by atoms with E-state index in [-0.39, 0.29) is 0 Å². The maximum Gasteiger partial charge on any atom is 0.153 e. The van der Waals surface area contributed by atoms with Crippen LogP contribution in [0.15, 0.2) is 53.7 Å². The topological polar surface area (TPSA) is 37.3 Å². The van der Waals surface area contributed by atoms with E-state index in [1.807, 2.05) is 42.5 Å². The van der Waals surface area contributed by atoms with Gasteiger partial charge in [0.05, 0.1) is 6.34 Å². The Kier molecular flexibility index (Phi) is 3.51. The van der Waals surface area contributed by atoms with E-state index in [0.717, 1.165) is 5.69 Å². The molecule has 80 valence electrons. The molecule has 2 rings (SSSR count). The third-order valence-electron chi connectivity index (χ3n) is 1.92. The monoisotopic (exact) mass is 231 g/mol. The van der Waals surface area contributed by atoms with Gasteiger partial charge in [-0.25, -0.2) is 9.98 Å². The van der Waals surface area contributed by atoms with E-state index in [9.17, 15) is 0 Å². The predicted molar refractivity (Wildman–Crippen MR) is 67.5 cm³/mol. The lowest BCUT2D eigenvalue weighted by molar-refractivity contribution is 1.28. The zero-order valence-corrected chi connectivity index (χ0v) is 9.22. The zero-order chi connectivity index (χ0) is 11.2. The van der Waals surface area contributed by atoms with Crippen LogP contribution in [0.5, 0.6) is 0 Å². The van der Waals surface area contributed by atoms with Gasteiger partial charge >= 0.3 is 0 Å². The fourth-order valence-corrected chi connectivity index (χ4v) is 1.28. The molecule has 4 heteroatoms. The van der Waals surface area contributed by atoms with Crippen LogP contribution in [0.3, 0.4) is 0 Å². The number of halogens is 1. The largest absolute Gasteiger partial charge is 0.346 e. The molecule has 0 atom stereocenters. The second-order valence-corrected chi connectivity index (χ2v) is 3.53. The lowest BCUT2D eigenvalue weighted by Crippen LogP contribution is -1.93. The number of hydrogen-bond donors (Lipinski definition) is 1. The van der Waals surface area contributed by atoms with Crippen molar-refractivity contribution in [2.24, 2.45) is 4.99 Å². The van der Waals surface area contributed by atoms with Crippen LogP contribution in [0.1, 0.15) is 0 Å². The molecule has 0 spiro atoms. The van der Waals surface area contributed by atoms with Gasteiger partial charge in [-0.2, -0.15) is 0 Å². The molecule has 0 saturated heterocycles. The van der Waals surface area contributed by atoms with Crippen LogP contribution in [0.4, 0.5) is 11.5 Å². The molecule has 0 aliphatic rings. The SMILES string of the molecule is Clc1ccc(N/C=N/c2ccccn2)cc1. The van der Waals surface area contributed by atoms with E-state index in [1.165, 1.54) is 0 Å². The Balaban J connectivity index is 1.97. The van der Waals surface area contributed by atoms with Gasteiger partial charge in [-0.1, -0.05) is 17.7 Å². The minimum atomic E-state index is 0.670. The number of hydrogen-bond acceptors (Lipinski definition) is 2. The van der Waals surface area contributed by atoms with E-state index in [2.05, 4.69) is 15.3 Å². The third-order valence-corrected chi connectivity index (χ3v) is 2.17. The molecule has 0 saturated carbocycles. The summed E-state index contributed by atoms with van der Waals surface area (Å²) in [5, 5.41) is 3.75. The van der Waals surface area contributed by atoms with E-state index in [0.29, 0.717) is 10.8 Å². The molecular formula is C12H10ClN3. The van der Waals surface area contributed by atoms with Gasteiger partial charge in [0, 0.05) is 16.9 Å². The summed E-state index contributed by atoms with van der Waals surface area (Å²) in [5.74, 6) is 0.670. The molecule has 1 N–H and O–H groups in total. The number of nitrogens with one attached hydrogen (secondary N) is 1. The molecule has 0 amide bonds. The van der Waals surface area contributed by atoms with E-state index in [4.69, 9.17) is 11.6 Å². The highest BCUT2D eigenvalue weighted by atomic mass is 35.5. The molecule has 0 radical (unpaired) electrons. The van der Waals surface area contributed by atoms with E-state index in [1.54, 1.807) is 12.5 Å². The Morgan fingerprint density at radius 1 is 1.12 bits per heavy atom. The zero-order valence-electron chi connectivity index (χ0n) is 8.47. The maximum absolute atomic E-state index is 5.77. The van der Waals surface area contributed by atoms with Crippen molar-refractivity contribution < 1.29 is 0 Å². The Labute approximate surface area is 98.8 Å². The van der Waals surface area contributed by atoms with Crippen molar-refractivity contribution in [2.45, 2.75) is 0 Å². The van der Waals surface area contributed by atoms with Crippen LogP contribution >= 0.6 is 11.6 Å². The van der Waals surface area contributed by atoms with Crippen molar-refractivity contribution in [2.75, 3.05) is 5.32 Å². The van der Waals surface area contributed by atoms with Crippen molar-refractivity contribution >= 4 is 29.4 Å². The Morgan fingerprint density at radius 3 is 2.62 bits per heavy atom. The van der Waals surface area contributed by atoms with Gasteiger partial charge in [-0.15, -0.1) is 0 Å². The summed E-state index contributed by atoms with van der Waals surface area (Å²) in [5.41, 5.74) is 0.934. The summed E-state index contributed by atoms with van der Waals surface area (Å²) >= 11 is 5.77. The normalized spacial score (nSPS) is 10.6. The number of anilines is 1. The van der Waals surface area contributed by atoms with Crippen molar-refractivity contribution in [3.8, 4) is 0 Å². The first-order valence-electron chi connectivity index (χ1n) is 4.80. The highest BCUT2D eigenvalue weighted by molar-refractivity contribution is 6.30. The van der Waals surface area contributed by atoms with Crippen LogP contribution in [-0.4, -0.2) is 11.3 Å². The molecule has 0 fully saturated rings. The highest BCUT2D eigenvalue weighted by Crippen LogP contribution is 2.12. The van der Waals surface area contributed by atoms with Crippen molar-refractivity contribution in [1.82, 2.24) is 4.98 Å². The van der Waals surface area contributed by atoms with Crippen LogP contribution in [0, 0.1) is 0 Å². The number of rotatable bonds is 3. The van der Waals surface area contributed by atoms with E-state index < -0.39 is 0 Å². The molecule has 0 aliphatic carbocycles. The summed E-state index contributed by atoms with van der Waals surface area (Å²) < 4.78 is 0. The molecule has 2 aromatic rings. The highest BCUT2D eigenvalue weighted by Gasteiger charge is 1.89. The van der Waals surface area contributed by atoms with Crippen LogP contribution < -0.4 is 5.32 Å².